The summed E-state index contributed by atoms with van der Waals surface area (Å²) in [4.78, 5) is 0. The number of aromatic hydroxyl groups is 1. The molecule has 3 nitrogen and oxygen atoms in total. The van der Waals surface area contributed by atoms with Crippen LogP contribution >= 0.6 is 0 Å². The first kappa shape index (κ1) is 15.1. The van der Waals surface area contributed by atoms with Gasteiger partial charge in [-0.2, -0.15) is 0 Å². The molecule has 0 amide bonds. The normalized spacial score (nSPS) is 10.5. The molecule has 3 rings (SSSR count). The maximum atomic E-state index is 10.2. The Morgan fingerprint density at radius 1 is 0.783 bits per heavy atom. The first-order valence-corrected chi connectivity index (χ1v) is 7.39. The molecular weight excluding hydrogens is 288 g/mol. The summed E-state index contributed by atoms with van der Waals surface area (Å²) >= 11 is 0. The highest BCUT2D eigenvalue weighted by Gasteiger charge is 2.12. The van der Waals surface area contributed by atoms with Crippen LogP contribution in [-0.2, 0) is 4.74 Å². The number of methoxy groups -OCH3 is 1. The lowest BCUT2D eigenvalue weighted by atomic mass is 9.94. The summed E-state index contributed by atoms with van der Waals surface area (Å²) in [5.41, 5.74) is 3.82. The van der Waals surface area contributed by atoms with Crippen molar-refractivity contribution >= 4 is 0 Å². The zero-order valence-electron chi connectivity index (χ0n) is 12.9. The second-order valence-electron chi connectivity index (χ2n) is 5.14. The highest BCUT2D eigenvalue weighted by atomic mass is 16.7. The fourth-order valence-corrected chi connectivity index (χ4v) is 2.53. The summed E-state index contributed by atoms with van der Waals surface area (Å²) in [5, 5.41) is 10.2. The fourth-order valence-electron chi connectivity index (χ4n) is 2.53. The first-order valence-electron chi connectivity index (χ1n) is 7.39. The smallest absolute Gasteiger partial charge is 0.188 e. The minimum Gasteiger partial charge on any atom is -0.507 e. The van der Waals surface area contributed by atoms with E-state index < -0.39 is 0 Å². The molecule has 0 unspecified atom stereocenters. The number of rotatable bonds is 5. The van der Waals surface area contributed by atoms with Gasteiger partial charge in [0.05, 0.1) is 0 Å². The Morgan fingerprint density at radius 3 is 2.26 bits per heavy atom. The summed E-state index contributed by atoms with van der Waals surface area (Å²) in [6.45, 7) is 0.185. The van der Waals surface area contributed by atoms with Gasteiger partial charge < -0.3 is 14.6 Å². The predicted octanol–water partition coefficient (Wildman–Crippen LogP) is 4.71. The van der Waals surface area contributed by atoms with Crippen molar-refractivity contribution in [3.05, 3.63) is 72.8 Å². The van der Waals surface area contributed by atoms with Crippen molar-refractivity contribution in [1.82, 2.24) is 0 Å². The van der Waals surface area contributed by atoms with Crippen LogP contribution in [0.15, 0.2) is 72.8 Å². The number of hydrogen-bond donors (Lipinski definition) is 1. The van der Waals surface area contributed by atoms with Gasteiger partial charge in [0.25, 0.3) is 0 Å². The van der Waals surface area contributed by atoms with Crippen molar-refractivity contribution in [3.8, 4) is 33.8 Å². The molecule has 0 saturated carbocycles. The van der Waals surface area contributed by atoms with E-state index >= 15 is 0 Å². The van der Waals surface area contributed by atoms with E-state index in [1.165, 1.54) is 0 Å². The molecule has 23 heavy (non-hydrogen) atoms. The summed E-state index contributed by atoms with van der Waals surface area (Å²) in [6.07, 6.45) is 0. The maximum Gasteiger partial charge on any atom is 0.188 e. The molecule has 0 aliphatic carbocycles. The Morgan fingerprint density at radius 2 is 1.52 bits per heavy atom. The van der Waals surface area contributed by atoms with Gasteiger partial charge in [-0.25, -0.2) is 0 Å². The van der Waals surface area contributed by atoms with E-state index in [1.807, 2.05) is 54.6 Å². The Labute approximate surface area is 135 Å². The highest BCUT2D eigenvalue weighted by molar-refractivity contribution is 5.86. The van der Waals surface area contributed by atoms with Crippen LogP contribution in [0.5, 0.6) is 11.5 Å². The molecule has 0 spiro atoms. The molecule has 3 heteroatoms. The maximum absolute atomic E-state index is 10.2. The molecule has 0 bridgehead atoms. The van der Waals surface area contributed by atoms with E-state index in [0.29, 0.717) is 5.75 Å². The second-order valence-corrected chi connectivity index (χ2v) is 5.14. The third-order valence-corrected chi connectivity index (χ3v) is 3.61. The van der Waals surface area contributed by atoms with Crippen molar-refractivity contribution < 1.29 is 14.6 Å². The van der Waals surface area contributed by atoms with Gasteiger partial charge >= 0.3 is 0 Å². The summed E-state index contributed by atoms with van der Waals surface area (Å²) < 4.78 is 10.5. The van der Waals surface area contributed by atoms with E-state index in [4.69, 9.17) is 9.47 Å². The molecule has 0 fully saturated rings. The Bertz CT molecular complexity index is 782. The van der Waals surface area contributed by atoms with Crippen molar-refractivity contribution in [2.45, 2.75) is 0 Å². The number of phenolic OH excluding ortho intramolecular Hbond substituents is 1. The van der Waals surface area contributed by atoms with Crippen molar-refractivity contribution in [2.75, 3.05) is 13.9 Å². The average molecular weight is 306 g/mol. The Balaban J connectivity index is 2.14. The number of ether oxygens (including phenoxy) is 2. The standard InChI is InChI=1S/C20H18O3/c1-22-14-23-16-11-12-17(15-7-3-2-4-8-15)19(13-16)18-9-5-6-10-20(18)21/h2-13,21H,14H2,1H3. The minimum atomic E-state index is 0.185. The van der Waals surface area contributed by atoms with E-state index in [9.17, 15) is 5.11 Å². The molecular formula is C20H18O3. The molecule has 3 aromatic carbocycles. The van der Waals surface area contributed by atoms with Crippen molar-refractivity contribution in [1.29, 1.82) is 0 Å². The van der Waals surface area contributed by atoms with Crippen LogP contribution in [0.25, 0.3) is 22.3 Å². The quantitative estimate of drug-likeness (QED) is 0.694. The van der Waals surface area contributed by atoms with Crippen LogP contribution in [0.1, 0.15) is 0 Å². The molecule has 0 atom stereocenters. The van der Waals surface area contributed by atoms with Crippen molar-refractivity contribution in [3.63, 3.8) is 0 Å². The number of benzene rings is 3. The molecule has 0 heterocycles. The van der Waals surface area contributed by atoms with E-state index in [2.05, 4.69) is 12.1 Å². The molecule has 3 aromatic rings. The SMILES string of the molecule is COCOc1ccc(-c2ccccc2)c(-c2ccccc2O)c1. The van der Waals surface area contributed by atoms with Crippen LogP contribution in [-0.4, -0.2) is 19.0 Å². The topological polar surface area (TPSA) is 38.7 Å². The highest BCUT2D eigenvalue weighted by Crippen LogP contribution is 2.38. The van der Waals surface area contributed by atoms with Gasteiger partial charge in [-0.1, -0.05) is 54.6 Å². The van der Waals surface area contributed by atoms with Gasteiger partial charge in [0.15, 0.2) is 6.79 Å². The van der Waals surface area contributed by atoms with Gasteiger partial charge in [-0.05, 0) is 34.9 Å². The zero-order chi connectivity index (χ0) is 16.1. The van der Waals surface area contributed by atoms with Gasteiger partial charge in [0.2, 0.25) is 0 Å². The van der Waals surface area contributed by atoms with E-state index in [1.54, 1.807) is 13.2 Å². The molecule has 0 saturated heterocycles. The van der Waals surface area contributed by atoms with Crippen LogP contribution in [0.3, 0.4) is 0 Å². The largest absolute Gasteiger partial charge is 0.507 e. The molecule has 0 aromatic heterocycles. The van der Waals surface area contributed by atoms with Gasteiger partial charge in [0.1, 0.15) is 11.5 Å². The molecule has 1 N–H and O–H groups in total. The van der Waals surface area contributed by atoms with Crippen LogP contribution < -0.4 is 4.74 Å². The van der Waals surface area contributed by atoms with Crippen LogP contribution in [0, 0.1) is 0 Å². The third kappa shape index (κ3) is 3.35. The van der Waals surface area contributed by atoms with Crippen LogP contribution in [0.4, 0.5) is 0 Å². The monoisotopic (exact) mass is 306 g/mol. The number of hydrogen-bond acceptors (Lipinski definition) is 3. The fraction of sp³-hybridized carbons (Fsp3) is 0.100. The first-order chi connectivity index (χ1) is 11.3. The Hall–Kier alpha value is -2.78. The molecule has 0 aliphatic heterocycles. The van der Waals surface area contributed by atoms with Gasteiger partial charge in [-0.15, -0.1) is 0 Å². The molecule has 0 aliphatic rings. The zero-order valence-corrected chi connectivity index (χ0v) is 12.9. The number of para-hydroxylation sites is 1. The van der Waals surface area contributed by atoms with Gasteiger partial charge in [0, 0.05) is 12.7 Å². The van der Waals surface area contributed by atoms with Crippen molar-refractivity contribution in [2.24, 2.45) is 0 Å². The summed E-state index contributed by atoms with van der Waals surface area (Å²) in [5.74, 6) is 0.943. The van der Waals surface area contributed by atoms with Gasteiger partial charge in [-0.3, -0.25) is 0 Å². The lowest BCUT2D eigenvalue weighted by Crippen LogP contribution is -1.99. The summed E-state index contributed by atoms with van der Waals surface area (Å²) in [6, 6.07) is 23.2. The van der Waals surface area contributed by atoms with E-state index in [-0.39, 0.29) is 12.5 Å². The lowest BCUT2D eigenvalue weighted by molar-refractivity contribution is 0.0512. The van der Waals surface area contributed by atoms with E-state index in [0.717, 1.165) is 22.3 Å². The molecule has 116 valence electrons. The lowest BCUT2D eigenvalue weighted by Gasteiger charge is -2.14. The minimum absolute atomic E-state index is 0.185. The average Bonchev–Trinajstić information content (AvgIpc) is 2.61. The Kier molecular flexibility index (Phi) is 4.60. The summed E-state index contributed by atoms with van der Waals surface area (Å²) in [7, 11) is 1.59. The predicted molar refractivity (Wildman–Crippen MR) is 91.5 cm³/mol. The molecule has 0 radical (unpaired) electrons. The third-order valence-electron chi connectivity index (χ3n) is 3.61. The van der Waals surface area contributed by atoms with Crippen LogP contribution in [0.2, 0.25) is 0 Å². The number of phenols is 1. The second kappa shape index (κ2) is 6.99.